The van der Waals surface area contributed by atoms with Crippen molar-refractivity contribution in [3.63, 3.8) is 0 Å². The van der Waals surface area contributed by atoms with Crippen LogP contribution in [0.4, 0.5) is 4.39 Å². The molecule has 0 aromatic heterocycles. The molecular weight excluding hydrogens is 199 g/mol. The van der Waals surface area contributed by atoms with E-state index >= 15 is 0 Å². The molecule has 0 heterocycles. The van der Waals surface area contributed by atoms with Gasteiger partial charge >= 0.3 is 5.97 Å². The van der Waals surface area contributed by atoms with Crippen molar-refractivity contribution in [1.29, 1.82) is 0 Å². The van der Waals surface area contributed by atoms with Crippen molar-refractivity contribution in [1.82, 2.24) is 0 Å². The molecule has 4 heteroatoms. The third-order valence-corrected chi connectivity index (χ3v) is 1.63. The van der Waals surface area contributed by atoms with E-state index in [2.05, 4.69) is 16.6 Å². The number of aldehydes is 1. The number of benzene rings is 1. The van der Waals surface area contributed by atoms with Crippen molar-refractivity contribution in [2.75, 3.05) is 7.11 Å². The fraction of sp³-hybridized carbons (Fsp3) is 0.0909. The number of halogens is 1. The van der Waals surface area contributed by atoms with Gasteiger partial charge in [-0.25, -0.2) is 9.18 Å². The first-order valence-corrected chi connectivity index (χ1v) is 4.02. The van der Waals surface area contributed by atoms with Gasteiger partial charge in [0.25, 0.3) is 0 Å². The van der Waals surface area contributed by atoms with E-state index < -0.39 is 11.8 Å². The Morgan fingerprint density at radius 3 is 2.87 bits per heavy atom. The predicted octanol–water partition coefficient (Wildman–Crippen LogP) is 1.16. The summed E-state index contributed by atoms with van der Waals surface area (Å²) in [4.78, 5) is 21.2. The molecule has 0 spiro atoms. The average molecular weight is 206 g/mol. The first-order chi connectivity index (χ1) is 7.17. The van der Waals surface area contributed by atoms with Gasteiger partial charge < -0.3 is 4.74 Å². The standard InChI is InChI=1S/C11H7FO3/c1-15-11(14)5-3-8-6-10(12)4-2-9(8)7-13/h2,4,6-7H,1H3. The first kappa shape index (κ1) is 10.9. The van der Waals surface area contributed by atoms with Gasteiger partial charge in [-0.1, -0.05) is 5.92 Å². The van der Waals surface area contributed by atoms with E-state index in [0.717, 1.165) is 12.1 Å². The normalized spacial score (nSPS) is 8.67. The van der Waals surface area contributed by atoms with Gasteiger partial charge in [0.05, 0.1) is 7.11 Å². The minimum atomic E-state index is -0.740. The minimum absolute atomic E-state index is 0.162. The molecule has 0 N–H and O–H groups in total. The zero-order valence-electron chi connectivity index (χ0n) is 7.91. The molecule has 0 amide bonds. The van der Waals surface area contributed by atoms with Crippen molar-refractivity contribution in [2.45, 2.75) is 0 Å². The summed E-state index contributed by atoms with van der Waals surface area (Å²) >= 11 is 0. The molecule has 0 aliphatic carbocycles. The Morgan fingerprint density at radius 1 is 1.53 bits per heavy atom. The van der Waals surface area contributed by atoms with Gasteiger partial charge in [0, 0.05) is 17.0 Å². The van der Waals surface area contributed by atoms with Crippen molar-refractivity contribution in [3.8, 4) is 11.8 Å². The Bertz CT molecular complexity index is 455. The smallest absolute Gasteiger partial charge is 0.384 e. The van der Waals surface area contributed by atoms with Crippen LogP contribution in [0.2, 0.25) is 0 Å². The predicted molar refractivity (Wildman–Crippen MR) is 50.7 cm³/mol. The molecule has 0 saturated heterocycles. The van der Waals surface area contributed by atoms with Crippen molar-refractivity contribution in [2.24, 2.45) is 0 Å². The van der Waals surface area contributed by atoms with E-state index in [1.807, 2.05) is 0 Å². The topological polar surface area (TPSA) is 43.4 Å². The summed E-state index contributed by atoms with van der Waals surface area (Å²) in [5.74, 6) is 3.22. The van der Waals surface area contributed by atoms with Gasteiger partial charge in [-0.3, -0.25) is 4.79 Å². The molecule has 0 aliphatic rings. The van der Waals surface area contributed by atoms with Gasteiger partial charge in [-0.15, -0.1) is 0 Å². The van der Waals surface area contributed by atoms with E-state index in [1.165, 1.54) is 13.2 Å². The largest absolute Gasteiger partial charge is 0.459 e. The second kappa shape index (κ2) is 4.91. The Balaban J connectivity index is 3.10. The quantitative estimate of drug-likeness (QED) is 0.393. The van der Waals surface area contributed by atoms with E-state index in [1.54, 1.807) is 0 Å². The van der Waals surface area contributed by atoms with Gasteiger partial charge in [-0.05, 0) is 18.2 Å². The number of esters is 1. The maximum atomic E-state index is 12.8. The van der Waals surface area contributed by atoms with Crippen LogP contribution >= 0.6 is 0 Å². The minimum Gasteiger partial charge on any atom is -0.459 e. The van der Waals surface area contributed by atoms with Crippen LogP contribution in [0.1, 0.15) is 15.9 Å². The number of methoxy groups -OCH3 is 1. The summed E-state index contributed by atoms with van der Waals surface area (Å²) in [6.07, 6.45) is 0.542. The second-order valence-electron chi connectivity index (χ2n) is 2.59. The van der Waals surface area contributed by atoms with E-state index in [4.69, 9.17) is 0 Å². The molecule has 76 valence electrons. The number of carbonyl (C=O) groups excluding carboxylic acids is 2. The SMILES string of the molecule is COC(=O)C#Cc1cc(F)ccc1C=O. The monoisotopic (exact) mass is 206 g/mol. The maximum Gasteiger partial charge on any atom is 0.384 e. The molecule has 0 saturated carbocycles. The summed E-state index contributed by atoms with van der Waals surface area (Å²) in [6, 6.07) is 3.52. The molecule has 1 rings (SSSR count). The lowest BCUT2D eigenvalue weighted by Gasteiger charge is -1.95. The number of carbonyl (C=O) groups is 2. The van der Waals surface area contributed by atoms with Crippen LogP contribution in [0.25, 0.3) is 0 Å². The van der Waals surface area contributed by atoms with E-state index in [9.17, 15) is 14.0 Å². The lowest BCUT2D eigenvalue weighted by atomic mass is 10.1. The zero-order chi connectivity index (χ0) is 11.3. The number of rotatable bonds is 1. The molecule has 0 aliphatic heterocycles. The Morgan fingerprint density at radius 2 is 2.27 bits per heavy atom. The fourth-order valence-electron chi connectivity index (χ4n) is 0.909. The van der Waals surface area contributed by atoms with Gasteiger partial charge in [0.15, 0.2) is 6.29 Å². The molecule has 0 atom stereocenters. The molecule has 0 unspecified atom stereocenters. The van der Waals surface area contributed by atoms with E-state index in [0.29, 0.717) is 6.29 Å². The Hall–Kier alpha value is -2.15. The third-order valence-electron chi connectivity index (χ3n) is 1.63. The van der Waals surface area contributed by atoms with Crippen LogP contribution in [0.5, 0.6) is 0 Å². The maximum absolute atomic E-state index is 12.8. The zero-order valence-corrected chi connectivity index (χ0v) is 7.91. The number of hydrogen-bond donors (Lipinski definition) is 0. The van der Waals surface area contributed by atoms with Gasteiger partial charge in [0.2, 0.25) is 0 Å². The van der Waals surface area contributed by atoms with Crippen LogP contribution in [0.3, 0.4) is 0 Å². The van der Waals surface area contributed by atoms with Crippen LogP contribution in [0.15, 0.2) is 18.2 Å². The highest BCUT2D eigenvalue weighted by atomic mass is 19.1. The summed E-state index contributed by atoms with van der Waals surface area (Å²) in [7, 11) is 1.18. The highest BCUT2D eigenvalue weighted by molar-refractivity contribution is 5.90. The molecular formula is C11H7FO3. The summed E-state index contributed by atoms with van der Waals surface area (Å²) in [5.41, 5.74) is 0.392. The fourth-order valence-corrected chi connectivity index (χ4v) is 0.909. The molecule has 15 heavy (non-hydrogen) atoms. The third kappa shape index (κ3) is 2.92. The molecule has 0 radical (unpaired) electrons. The lowest BCUT2D eigenvalue weighted by molar-refractivity contribution is -0.133. The highest BCUT2D eigenvalue weighted by Crippen LogP contribution is 2.07. The molecule has 3 nitrogen and oxygen atoms in total. The van der Waals surface area contributed by atoms with E-state index in [-0.39, 0.29) is 11.1 Å². The average Bonchev–Trinajstić information content (AvgIpc) is 2.26. The van der Waals surface area contributed by atoms with Crippen molar-refractivity contribution >= 4 is 12.3 Å². The van der Waals surface area contributed by atoms with Crippen LogP contribution in [-0.4, -0.2) is 19.4 Å². The number of hydrogen-bond acceptors (Lipinski definition) is 3. The highest BCUT2D eigenvalue weighted by Gasteiger charge is 2.00. The van der Waals surface area contributed by atoms with Crippen molar-refractivity contribution < 1.29 is 18.7 Å². The lowest BCUT2D eigenvalue weighted by Crippen LogP contribution is -1.95. The first-order valence-electron chi connectivity index (χ1n) is 4.02. The molecule has 1 aromatic rings. The van der Waals surface area contributed by atoms with Crippen LogP contribution in [0, 0.1) is 17.7 Å². The van der Waals surface area contributed by atoms with Crippen molar-refractivity contribution in [3.05, 3.63) is 35.1 Å². The van der Waals surface area contributed by atoms with Gasteiger partial charge in [-0.2, -0.15) is 0 Å². The number of ether oxygens (including phenoxy) is 1. The van der Waals surface area contributed by atoms with Crippen LogP contribution in [-0.2, 0) is 9.53 Å². The molecule has 0 bridgehead atoms. The van der Waals surface area contributed by atoms with Crippen LogP contribution < -0.4 is 0 Å². The Labute approximate surface area is 85.9 Å². The Kier molecular flexibility index (Phi) is 3.58. The summed E-state index contributed by atoms with van der Waals surface area (Å²) < 4.78 is 17.1. The van der Waals surface area contributed by atoms with Gasteiger partial charge in [0.1, 0.15) is 5.82 Å². The summed E-state index contributed by atoms with van der Waals surface area (Å²) in [5, 5.41) is 0. The second-order valence-corrected chi connectivity index (χ2v) is 2.59. The molecule has 1 aromatic carbocycles. The molecule has 0 fully saturated rings. The summed E-state index contributed by atoms with van der Waals surface area (Å²) in [6.45, 7) is 0.